The van der Waals surface area contributed by atoms with Gasteiger partial charge in [-0.3, -0.25) is 14.5 Å². The molecule has 148 valence electrons. The minimum atomic E-state index is -0.305. The van der Waals surface area contributed by atoms with Gasteiger partial charge in [0.2, 0.25) is 0 Å². The van der Waals surface area contributed by atoms with E-state index in [9.17, 15) is 9.59 Å². The van der Waals surface area contributed by atoms with Gasteiger partial charge in [0.25, 0.3) is 11.8 Å². The minimum absolute atomic E-state index is 0.162. The second-order valence-electron chi connectivity index (χ2n) is 6.58. The summed E-state index contributed by atoms with van der Waals surface area (Å²) in [5.74, 6) is -0.561. The molecule has 0 radical (unpaired) electrons. The van der Waals surface area contributed by atoms with Gasteiger partial charge in [0.1, 0.15) is 0 Å². The number of thioether (sulfide) groups is 1. The highest BCUT2D eigenvalue weighted by molar-refractivity contribution is 8.04. The summed E-state index contributed by atoms with van der Waals surface area (Å²) < 4.78 is 5.54. The fourth-order valence-corrected chi connectivity index (χ4v) is 4.21. The number of halogens is 2. The quantitative estimate of drug-likeness (QED) is 0.367. The number of carbonyl (C=O) groups excluding carboxylic acids is 2. The van der Waals surface area contributed by atoms with Crippen molar-refractivity contribution >= 4 is 52.4 Å². The van der Waals surface area contributed by atoms with Crippen molar-refractivity contribution in [3.05, 3.63) is 38.7 Å². The predicted molar refractivity (Wildman–Crippen MR) is 113 cm³/mol. The summed E-state index contributed by atoms with van der Waals surface area (Å²) >= 11 is 13.7. The van der Waals surface area contributed by atoms with E-state index in [1.165, 1.54) is 16.7 Å². The van der Waals surface area contributed by atoms with Crippen LogP contribution in [0, 0.1) is 0 Å². The van der Waals surface area contributed by atoms with Crippen molar-refractivity contribution in [3.8, 4) is 0 Å². The summed E-state index contributed by atoms with van der Waals surface area (Å²) in [4.78, 5) is 27.7. The molecular formula is C20H25Cl2NO3S. The third-order valence-electron chi connectivity index (χ3n) is 3.99. The van der Waals surface area contributed by atoms with E-state index in [0.29, 0.717) is 52.3 Å². The Balaban J connectivity index is 2.20. The molecule has 0 unspecified atom stereocenters. The van der Waals surface area contributed by atoms with Crippen LogP contribution in [0.25, 0.3) is 5.57 Å². The van der Waals surface area contributed by atoms with Crippen molar-refractivity contribution in [2.45, 2.75) is 45.3 Å². The van der Waals surface area contributed by atoms with E-state index in [-0.39, 0.29) is 17.1 Å². The largest absolute Gasteiger partial charge is 0.381 e. The predicted octanol–water partition coefficient (Wildman–Crippen LogP) is 5.42. The van der Waals surface area contributed by atoms with Crippen LogP contribution in [0.3, 0.4) is 0 Å². The van der Waals surface area contributed by atoms with Crippen LogP contribution in [-0.2, 0) is 14.3 Å². The van der Waals surface area contributed by atoms with Crippen LogP contribution in [0.4, 0.5) is 0 Å². The first kappa shape index (κ1) is 22.3. The molecule has 27 heavy (non-hydrogen) atoms. The zero-order chi connectivity index (χ0) is 20.0. The second-order valence-corrected chi connectivity index (χ2v) is 9.01. The van der Waals surface area contributed by atoms with Crippen LogP contribution in [-0.4, -0.2) is 41.7 Å². The molecule has 2 rings (SSSR count). The number of benzene rings is 1. The summed E-state index contributed by atoms with van der Waals surface area (Å²) in [7, 11) is 0. The molecule has 0 fully saturated rings. The summed E-state index contributed by atoms with van der Waals surface area (Å²) in [6.45, 7) is 7.65. The molecule has 0 saturated heterocycles. The summed E-state index contributed by atoms with van der Waals surface area (Å²) in [5, 5.41) is 1.01. The lowest BCUT2D eigenvalue weighted by Gasteiger charge is -2.15. The fraction of sp³-hybridized carbons (Fsp3) is 0.500. The zero-order valence-corrected chi connectivity index (χ0v) is 18.2. The molecule has 0 aromatic heterocycles. The topological polar surface area (TPSA) is 46.6 Å². The third-order valence-corrected chi connectivity index (χ3v) is 5.63. The number of ether oxygens (including phenoxy) is 1. The van der Waals surface area contributed by atoms with Crippen molar-refractivity contribution < 1.29 is 14.3 Å². The van der Waals surface area contributed by atoms with Gasteiger partial charge >= 0.3 is 0 Å². The normalized spacial score (nSPS) is 14.8. The standard InChI is InChI=1S/C20H25Cl2NO3S/c1-4-5-10-26-11-6-9-23-19(24)17(18(20(23)25)27-13(2)3)15-8-7-14(21)12-16(15)22/h7-8,12-13H,4-6,9-11H2,1-3H3. The van der Waals surface area contributed by atoms with E-state index in [0.717, 1.165) is 12.8 Å². The molecule has 4 nitrogen and oxygen atoms in total. The van der Waals surface area contributed by atoms with E-state index < -0.39 is 0 Å². The van der Waals surface area contributed by atoms with Gasteiger partial charge in [-0.05, 0) is 25.0 Å². The first-order valence-electron chi connectivity index (χ1n) is 9.17. The molecule has 0 aliphatic carbocycles. The van der Waals surface area contributed by atoms with E-state index in [1.54, 1.807) is 18.2 Å². The van der Waals surface area contributed by atoms with Crippen LogP contribution in [0.15, 0.2) is 23.1 Å². The maximum absolute atomic E-state index is 13.0. The van der Waals surface area contributed by atoms with Crippen LogP contribution >= 0.6 is 35.0 Å². The molecule has 0 bridgehead atoms. The number of imide groups is 1. The minimum Gasteiger partial charge on any atom is -0.381 e. The molecule has 1 aromatic rings. The lowest BCUT2D eigenvalue weighted by atomic mass is 10.1. The van der Waals surface area contributed by atoms with Gasteiger partial charge in [0.05, 0.1) is 15.5 Å². The van der Waals surface area contributed by atoms with E-state index >= 15 is 0 Å². The average molecular weight is 430 g/mol. The number of nitrogens with zero attached hydrogens (tertiary/aromatic N) is 1. The van der Waals surface area contributed by atoms with Gasteiger partial charge < -0.3 is 4.74 Å². The fourth-order valence-electron chi connectivity index (χ4n) is 2.70. The Labute approximate surface area is 175 Å². The highest BCUT2D eigenvalue weighted by Gasteiger charge is 2.39. The maximum Gasteiger partial charge on any atom is 0.267 e. The van der Waals surface area contributed by atoms with E-state index in [4.69, 9.17) is 27.9 Å². The molecule has 0 N–H and O–H groups in total. The highest BCUT2D eigenvalue weighted by Crippen LogP contribution is 2.40. The van der Waals surface area contributed by atoms with Crippen LogP contribution < -0.4 is 0 Å². The molecule has 0 atom stereocenters. The van der Waals surface area contributed by atoms with Gasteiger partial charge in [0.15, 0.2) is 0 Å². The molecule has 1 aliphatic rings. The second kappa shape index (κ2) is 10.5. The Hall–Kier alpha value is -1.01. The van der Waals surface area contributed by atoms with Gasteiger partial charge in [0, 0.05) is 35.6 Å². The number of hydrogen-bond acceptors (Lipinski definition) is 4. The van der Waals surface area contributed by atoms with Crippen molar-refractivity contribution in [1.82, 2.24) is 4.90 Å². The van der Waals surface area contributed by atoms with Crippen molar-refractivity contribution in [2.75, 3.05) is 19.8 Å². The number of amides is 2. The number of hydrogen-bond donors (Lipinski definition) is 0. The summed E-state index contributed by atoms with van der Waals surface area (Å²) in [6, 6.07) is 4.96. The Morgan fingerprint density at radius 1 is 1.11 bits per heavy atom. The van der Waals surface area contributed by atoms with Gasteiger partial charge in [-0.2, -0.15) is 0 Å². The molecule has 1 heterocycles. The Bertz CT molecular complexity index is 734. The van der Waals surface area contributed by atoms with Crippen molar-refractivity contribution in [1.29, 1.82) is 0 Å². The van der Waals surface area contributed by atoms with E-state index in [1.807, 2.05) is 13.8 Å². The number of carbonyl (C=O) groups is 2. The lowest BCUT2D eigenvalue weighted by molar-refractivity contribution is -0.136. The maximum atomic E-state index is 13.0. The van der Waals surface area contributed by atoms with Crippen molar-refractivity contribution in [3.63, 3.8) is 0 Å². The summed E-state index contributed by atoms with van der Waals surface area (Å²) in [6.07, 6.45) is 2.70. The average Bonchev–Trinajstić information content (AvgIpc) is 2.82. The van der Waals surface area contributed by atoms with Crippen LogP contribution in [0.5, 0.6) is 0 Å². The molecule has 2 amide bonds. The van der Waals surface area contributed by atoms with Crippen molar-refractivity contribution in [2.24, 2.45) is 0 Å². The molecule has 0 saturated carbocycles. The first-order valence-corrected chi connectivity index (χ1v) is 10.8. The highest BCUT2D eigenvalue weighted by atomic mass is 35.5. The molecular weight excluding hydrogens is 405 g/mol. The van der Waals surface area contributed by atoms with Crippen LogP contribution in [0.1, 0.15) is 45.6 Å². The van der Waals surface area contributed by atoms with E-state index in [2.05, 4.69) is 6.92 Å². The Kier molecular flexibility index (Phi) is 8.67. The molecule has 0 spiro atoms. The number of unbranched alkanes of at least 4 members (excludes halogenated alkanes) is 1. The first-order chi connectivity index (χ1) is 12.9. The van der Waals surface area contributed by atoms with Gasteiger partial charge in [-0.1, -0.05) is 56.5 Å². The Morgan fingerprint density at radius 2 is 1.81 bits per heavy atom. The zero-order valence-electron chi connectivity index (χ0n) is 15.9. The SMILES string of the molecule is CCCCOCCCN1C(=O)C(SC(C)C)=C(c2ccc(Cl)cc2Cl)C1=O. The third kappa shape index (κ3) is 5.74. The van der Waals surface area contributed by atoms with Crippen LogP contribution in [0.2, 0.25) is 10.0 Å². The Morgan fingerprint density at radius 3 is 2.44 bits per heavy atom. The number of rotatable bonds is 10. The van der Waals surface area contributed by atoms with Gasteiger partial charge in [-0.15, -0.1) is 11.8 Å². The molecule has 1 aliphatic heterocycles. The molecule has 1 aromatic carbocycles. The lowest BCUT2D eigenvalue weighted by Crippen LogP contribution is -2.33. The molecule has 7 heteroatoms. The monoisotopic (exact) mass is 429 g/mol. The smallest absolute Gasteiger partial charge is 0.267 e. The van der Waals surface area contributed by atoms with Gasteiger partial charge in [-0.25, -0.2) is 0 Å². The summed E-state index contributed by atoms with van der Waals surface area (Å²) in [5.41, 5.74) is 0.913.